The zero-order valence-corrected chi connectivity index (χ0v) is 17.7. The van der Waals surface area contributed by atoms with E-state index in [0.29, 0.717) is 11.4 Å². The summed E-state index contributed by atoms with van der Waals surface area (Å²) in [6.07, 6.45) is 5.11. The Kier molecular flexibility index (Phi) is 6.36. The Morgan fingerprint density at radius 1 is 1.07 bits per heavy atom. The van der Waals surface area contributed by atoms with Gasteiger partial charge in [-0.05, 0) is 48.5 Å². The van der Waals surface area contributed by atoms with Crippen LogP contribution in [-0.4, -0.2) is 28.0 Å². The molecule has 30 heavy (non-hydrogen) atoms. The van der Waals surface area contributed by atoms with Gasteiger partial charge in [0.25, 0.3) is 0 Å². The van der Waals surface area contributed by atoms with Crippen LogP contribution in [0.15, 0.2) is 82.3 Å². The molecule has 1 amide bonds. The van der Waals surface area contributed by atoms with Crippen LogP contribution in [0.2, 0.25) is 0 Å². The zero-order chi connectivity index (χ0) is 20.8. The fourth-order valence-electron chi connectivity index (χ4n) is 2.67. The molecule has 0 unspecified atom stereocenters. The van der Waals surface area contributed by atoms with Gasteiger partial charge in [0.1, 0.15) is 16.5 Å². The van der Waals surface area contributed by atoms with Gasteiger partial charge in [0.15, 0.2) is 0 Å². The van der Waals surface area contributed by atoms with E-state index in [1.165, 1.54) is 11.3 Å². The molecule has 150 valence electrons. The van der Waals surface area contributed by atoms with Crippen molar-refractivity contribution in [2.75, 3.05) is 12.4 Å². The van der Waals surface area contributed by atoms with Crippen molar-refractivity contribution in [1.29, 1.82) is 0 Å². The summed E-state index contributed by atoms with van der Waals surface area (Å²) in [5.41, 5.74) is 2.17. The summed E-state index contributed by atoms with van der Waals surface area (Å²) in [7, 11) is 1.65. The monoisotopic (exact) mass is 434 g/mol. The molecule has 0 bridgehead atoms. The molecule has 0 aliphatic carbocycles. The van der Waals surface area contributed by atoms with Crippen LogP contribution in [0.25, 0.3) is 10.7 Å². The molecule has 0 atom stereocenters. The first-order valence-corrected chi connectivity index (χ1v) is 10.8. The lowest BCUT2D eigenvalue weighted by Gasteiger charge is -2.07. The molecule has 0 saturated heterocycles. The number of nitrogens with one attached hydrogen (secondary N) is 1. The highest BCUT2D eigenvalue weighted by molar-refractivity contribution is 7.99. The van der Waals surface area contributed by atoms with E-state index < -0.39 is 0 Å². The smallest absolute Gasteiger partial charge is 0.230 e. The molecule has 0 aliphatic rings. The number of hydrogen-bond acceptors (Lipinski definition) is 7. The minimum atomic E-state index is -0.110. The molecular weight excluding hydrogens is 416 g/mol. The largest absolute Gasteiger partial charge is 0.497 e. The van der Waals surface area contributed by atoms with Gasteiger partial charge >= 0.3 is 0 Å². The first kappa shape index (κ1) is 20.1. The van der Waals surface area contributed by atoms with Crippen LogP contribution < -0.4 is 10.1 Å². The lowest BCUT2D eigenvalue weighted by atomic mass is 10.3. The molecule has 6 nitrogen and oxygen atoms in total. The molecule has 0 spiro atoms. The Balaban J connectivity index is 1.33. The summed E-state index contributed by atoms with van der Waals surface area (Å²) < 4.78 is 5.18. The molecule has 8 heteroatoms. The third-order valence-corrected chi connectivity index (χ3v) is 6.04. The Labute approximate surface area is 182 Å². The van der Waals surface area contributed by atoms with Gasteiger partial charge in [0.05, 0.1) is 25.4 Å². The number of benzene rings is 2. The van der Waals surface area contributed by atoms with Gasteiger partial charge < -0.3 is 10.1 Å². The predicted molar refractivity (Wildman–Crippen MR) is 119 cm³/mol. The van der Waals surface area contributed by atoms with E-state index in [4.69, 9.17) is 4.74 Å². The highest BCUT2D eigenvalue weighted by atomic mass is 32.2. The number of aromatic nitrogens is 3. The van der Waals surface area contributed by atoms with Crippen molar-refractivity contribution in [3.63, 3.8) is 0 Å². The van der Waals surface area contributed by atoms with E-state index in [1.807, 2.05) is 53.9 Å². The number of amides is 1. The van der Waals surface area contributed by atoms with Gasteiger partial charge in [-0.15, -0.1) is 11.3 Å². The standard InChI is InChI=1S/C22H18N4O2S2/c1-28-17-4-8-19(9-5-17)30-18-6-2-15(3-7-18)25-21(27)12-16-14-29-22(26-16)20-13-23-10-11-24-20/h2-11,13-14H,12H2,1H3,(H,25,27). The highest BCUT2D eigenvalue weighted by Crippen LogP contribution is 2.30. The van der Waals surface area contributed by atoms with Crippen LogP contribution in [0.1, 0.15) is 5.69 Å². The average molecular weight is 435 g/mol. The Hall–Kier alpha value is -3.23. The summed E-state index contributed by atoms with van der Waals surface area (Å²) >= 11 is 3.10. The molecule has 2 aromatic heterocycles. The predicted octanol–water partition coefficient (Wildman–Crippen LogP) is 4.94. The van der Waals surface area contributed by atoms with Crippen LogP contribution in [-0.2, 0) is 11.2 Å². The summed E-state index contributed by atoms with van der Waals surface area (Å²) in [5, 5.41) is 5.55. The van der Waals surface area contributed by atoms with Gasteiger partial charge in [-0.1, -0.05) is 11.8 Å². The van der Waals surface area contributed by atoms with Gasteiger partial charge in [0.2, 0.25) is 5.91 Å². The summed E-state index contributed by atoms with van der Waals surface area (Å²) in [5.74, 6) is 0.725. The molecule has 4 aromatic rings. The van der Waals surface area contributed by atoms with Crippen molar-refractivity contribution in [3.8, 4) is 16.5 Å². The third kappa shape index (κ3) is 5.22. The molecule has 2 aromatic carbocycles. The van der Waals surface area contributed by atoms with E-state index in [2.05, 4.69) is 20.3 Å². The molecule has 0 saturated carbocycles. The normalized spacial score (nSPS) is 10.6. The number of nitrogens with zero attached hydrogens (tertiary/aromatic N) is 3. The van der Waals surface area contributed by atoms with E-state index in [9.17, 15) is 4.79 Å². The Morgan fingerprint density at radius 2 is 1.80 bits per heavy atom. The number of carbonyl (C=O) groups is 1. The summed E-state index contributed by atoms with van der Waals surface area (Å²) in [4.78, 5) is 27.3. The van der Waals surface area contributed by atoms with Crippen molar-refractivity contribution in [3.05, 3.63) is 78.2 Å². The lowest BCUT2D eigenvalue weighted by Crippen LogP contribution is -2.14. The first-order valence-electron chi connectivity index (χ1n) is 9.12. The second-order valence-corrected chi connectivity index (χ2v) is 8.27. The molecule has 0 radical (unpaired) electrons. The fourth-order valence-corrected chi connectivity index (χ4v) is 4.27. The van der Waals surface area contributed by atoms with Crippen molar-refractivity contribution in [2.45, 2.75) is 16.2 Å². The molecule has 1 N–H and O–H groups in total. The lowest BCUT2D eigenvalue weighted by molar-refractivity contribution is -0.115. The number of rotatable bonds is 7. The average Bonchev–Trinajstić information content (AvgIpc) is 3.24. The van der Waals surface area contributed by atoms with E-state index in [-0.39, 0.29) is 12.3 Å². The first-order chi connectivity index (χ1) is 14.7. The van der Waals surface area contributed by atoms with E-state index in [0.717, 1.165) is 26.2 Å². The van der Waals surface area contributed by atoms with Gasteiger partial charge in [-0.25, -0.2) is 4.98 Å². The SMILES string of the molecule is COc1ccc(Sc2ccc(NC(=O)Cc3csc(-c4cnccn4)n3)cc2)cc1. The number of anilines is 1. The van der Waals surface area contributed by atoms with Crippen molar-refractivity contribution in [2.24, 2.45) is 0 Å². The van der Waals surface area contributed by atoms with Crippen molar-refractivity contribution in [1.82, 2.24) is 15.0 Å². The van der Waals surface area contributed by atoms with Crippen LogP contribution >= 0.6 is 23.1 Å². The second-order valence-electron chi connectivity index (χ2n) is 6.26. The summed E-state index contributed by atoms with van der Waals surface area (Å²) in [6, 6.07) is 15.7. The molecule has 0 fully saturated rings. The number of thiazole rings is 1. The van der Waals surface area contributed by atoms with Crippen LogP contribution in [0.4, 0.5) is 5.69 Å². The van der Waals surface area contributed by atoms with Gasteiger partial charge in [-0.2, -0.15) is 0 Å². The maximum Gasteiger partial charge on any atom is 0.230 e. The quantitative estimate of drug-likeness (QED) is 0.444. The minimum Gasteiger partial charge on any atom is -0.497 e. The van der Waals surface area contributed by atoms with Crippen molar-refractivity contribution >= 4 is 34.7 Å². The van der Waals surface area contributed by atoms with E-state index in [1.54, 1.807) is 37.5 Å². The third-order valence-electron chi connectivity index (χ3n) is 4.11. The summed E-state index contributed by atoms with van der Waals surface area (Å²) in [6.45, 7) is 0. The van der Waals surface area contributed by atoms with Crippen molar-refractivity contribution < 1.29 is 9.53 Å². The maximum atomic E-state index is 12.4. The Morgan fingerprint density at radius 3 is 2.47 bits per heavy atom. The maximum absolute atomic E-state index is 12.4. The van der Waals surface area contributed by atoms with E-state index >= 15 is 0 Å². The Bertz CT molecular complexity index is 1110. The van der Waals surface area contributed by atoms with Crippen LogP contribution in [0, 0.1) is 0 Å². The number of ether oxygens (including phenoxy) is 1. The van der Waals surface area contributed by atoms with Gasteiger partial charge in [-0.3, -0.25) is 14.8 Å². The number of carbonyl (C=O) groups excluding carboxylic acids is 1. The van der Waals surface area contributed by atoms with Crippen LogP contribution in [0.3, 0.4) is 0 Å². The zero-order valence-electron chi connectivity index (χ0n) is 16.1. The highest BCUT2D eigenvalue weighted by Gasteiger charge is 2.10. The minimum absolute atomic E-state index is 0.110. The molecule has 4 rings (SSSR count). The molecule has 0 aliphatic heterocycles. The fraction of sp³-hybridized carbons (Fsp3) is 0.0909. The second kappa shape index (κ2) is 9.51. The van der Waals surface area contributed by atoms with Gasteiger partial charge in [0, 0.05) is 33.3 Å². The number of hydrogen-bond donors (Lipinski definition) is 1. The van der Waals surface area contributed by atoms with Crippen LogP contribution in [0.5, 0.6) is 5.75 Å². The number of methoxy groups -OCH3 is 1. The molecular formula is C22H18N4O2S2. The topological polar surface area (TPSA) is 77.0 Å². The molecule has 2 heterocycles.